The van der Waals surface area contributed by atoms with Crippen LogP contribution in [0.15, 0.2) is 30.6 Å². The molecule has 1 amide bonds. The fourth-order valence-electron chi connectivity index (χ4n) is 2.97. The molecule has 1 fully saturated rings. The second-order valence-corrected chi connectivity index (χ2v) is 7.95. The van der Waals surface area contributed by atoms with E-state index in [1.165, 1.54) is 6.33 Å². The fraction of sp³-hybridized carbons (Fsp3) is 0.438. The number of hydrogen-bond acceptors (Lipinski definition) is 6. The highest BCUT2D eigenvalue weighted by Crippen LogP contribution is 2.21. The first kappa shape index (κ1) is 16.6. The van der Waals surface area contributed by atoms with E-state index in [0.717, 1.165) is 10.9 Å². The van der Waals surface area contributed by atoms with Gasteiger partial charge in [-0.2, -0.15) is 0 Å². The zero-order valence-electron chi connectivity index (χ0n) is 13.4. The van der Waals surface area contributed by atoms with Gasteiger partial charge in [0.1, 0.15) is 6.33 Å². The molecule has 128 valence electrons. The number of amides is 1. The Morgan fingerprint density at radius 3 is 2.83 bits per heavy atom. The van der Waals surface area contributed by atoms with Crippen LogP contribution >= 0.6 is 0 Å². The number of aromatic nitrogens is 2. The van der Waals surface area contributed by atoms with Crippen molar-refractivity contribution < 1.29 is 17.9 Å². The number of hydrogen-bond donors (Lipinski definition) is 0. The van der Waals surface area contributed by atoms with Gasteiger partial charge in [0.05, 0.1) is 22.4 Å². The Hall–Kier alpha value is -2.22. The molecule has 0 bridgehead atoms. The molecule has 7 nitrogen and oxygen atoms in total. The summed E-state index contributed by atoms with van der Waals surface area (Å²) in [6, 6.07) is 7.12. The summed E-state index contributed by atoms with van der Waals surface area (Å²) in [5.74, 6) is 0.286. The van der Waals surface area contributed by atoms with Gasteiger partial charge >= 0.3 is 0 Å². The molecule has 24 heavy (non-hydrogen) atoms. The summed E-state index contributed by atoms with van der Waals surface area (Å²) in [4.78, 5) is 22.3. The van der Waals surface area contributed by atoms with Crippen LogP contribution in [0.25, 0.3) is 10.9 Å². The average Bonchev–Trinajstić information content (AvgIpc) is 2.93. The molecule has 1 aliphatic rings. The molecule has 1 saturated heterocycles. The van der Waals surface area contributed by atoms with E-state index in [2.05, 4.69) is 9.97 Å². The number of benzene rings is 1. The maximum atomic E-state index is 12.4. The lowest BCUT2D eigenvalue weighted by Gasteiger charge is -2.26. The Morgan fingerprint density at radius 1 is 1.33 bits per heavy atom. The summed E-state index contributed by atoms with van der Waals surface area (Å²) in [5.41, 5.74) is 0.740. The van der Waals surface area contributed by atoms with Gasteiger partial charge in [-0.3, -0.25) is 4.79 Å². The van der Waals surface area contributed by atoms with Crippen molar-refractivity contribution in [1.82, 2.24) is 14.9 Å². The van der Waals surface area contributed by atoms with Gasteiger partial charge in [0.2, 0.25) is 5.88 Å². The predicted molar refractivity (Wildman–Crippen MR) is 89.5 cm³/mol. The van der Waals surface area contributed by atoms with E-state index in [1.54, 1.807) is 4.90 Å². The van der Waals surface area contributed by atoms with Crippen LogP contribution < -0.4 is 4.74 Å². The molecule has 0 saturated carbocycles. The number of sulfone groups is 1. The minimum Gasteiger partial charge on any atom is -0.467 e. The largest absolute Gasteiger partial charge is 0.467 e. The van der Waals surface area contributed by atoms with Crippen molar-refractivity contribution in [2.45, 2.75) is 19.4 Å². The normalized spacial score (nSPS) is 19.3. The third-order valence-corrected chi connectivity index (χ3v) is 5.90. The smallest absolute Gasteiger partial charge is 0.260 e. The number of nitrogens with zero attached hydrogens (tertiary/aromatic N) is 3. The molecule has 2 aromatic rings. The van der Waals surface area contributed by atoms with Gasteiger partial charge < -0.3 is 9.64 Å². The summed E-state index contributed by atoms with van der Waals surface area (Å²) < 4.78 is 28.8. The molecule has 8 heteroatoms. The maximum Gasteiger partial charge on any atom is 0.260 e. The molecule has 0 radical (unpaired) electrons. The lowest BCUT2D eigenvalue weighted by atomic mass is 10.2. The third kappa shape index (κ3) is 3.48. The van der Waals surface area contributed by atoms with Crippen LogP contribution in [0, 0.1) is 0 Å². The summed E-state index contributed by atoms with van der Waals surface area (Å²) in [6.45, 7) is 2.11. The van der Waals surface area contributed by atoms with Crippen LogP contribution in [-0.4, -0.2) is 59.9 Å². The molecular weight excluding hydrogens is 330 g/mol. The van der Waals surface area contributed by atoms with Crippen LogP contribution in [0.4, 0.5) is 0 Å². The number of carbonyl (C=O) groups excluding carboxylic acids is 1. The molecule has 0 aliphatic carbocycles. The Kier molecular flexibility index (Phi) is 4.66. The van der Waals surface area contributed by atoms with E-state index < -0.39 is 9.84 Å². The zero-order chi connectivity index (χ0) is 17.2. The minimum absolute atomic E-state index is 0.0308. The molecule has 1 aromatic heterocycles. The number of carbonyl (C=O) groups is 1. The topological polar surface area (TPSA) is 89.5 Å². The molecule has 2 heterocycles. The Labute approximate surface area is 140 Å². The highest BCUT2D eigenvalue weighted by atomic mass is 32.2. The summed E-state index contributed by atoms with van der Waals surface area (Å²) in [6.07, 6.45) is 1.88. The van der Waals surface area contributed by atoms with Crippen molar-refractivity contribution in [1.29, 1.82) is 0 Å². The van der Waals surface area contributed by atoms with Gasteiger partial charge in [-0.1, -0.05) is 12.1 Å². The van der Waals surface area contributed by atoms with E-state index in [9.17, 15) is 13.2 Å². The van der Waals surface area contributed by atoms with E-state index >= 15 is 0 Å². The van der Waals surface area contributed by atoms with Crippen LogP contribution in [0.1, 0.15) is 13.3 Å². The number of rotatable bonds is 5. The number of ether oxygens (including phenoxy) is 1. The summed E-state index contributed by atoms with van der Waals surface area (Å²) in [5, 5.41) is 0.735. The van der Waals surface area contributed by atoms with Gasteiger partial charge in [0, 0.05) is 12.6 Å². The second kappa shape index (κ2) is 6.72. The Bertz CT molecular complexity index is 848. The molecule has 1 atom stereocenters. The Balaban J connectivity index is 1.70. The molecule has 0 spiro atoms. The maximum absolute atomic E-state index is 12.4. The van der Waals surface area contributed by atoms with Crippen molar-refractivity contribution in [3.05, 3.63) is 30.6 Å². The van der Waals surface area contributed by atoms with Crippen LogP contribution in [0.2, 0.25) is 0 Å². The van der Waals surface area contributed by atoms with E-state index in [-0.39, 0.29) is 30.1 Å². The lowest BCUT2D eigenvalue weighted by molar-refractivity contribution is -0.135. The van der Waals surface area contributed by atoms with Crippen molar-refractivity contribution in [3.8, 4) is 5.88 Å². The van der Waals surface area contributed by atoms with Crippen LogP contribution in [0.3, 0.4) is 0 Å². The van der Waals surface area contributed by atoms with Crippen molar-refractivity contribution >= 4 is 26.6 Å². The van der Waals surface area contributed by atoms with Gasteiger partial charge in [-0.15, -0.1) is 0 Å². The molecule has 0 N–H and O–H groups in total. The monoisotopic (exact) mass is 349 g/mol. The number of likely N-dealkylation sites (N-methyl/N-ethyl adjacent to an activating group) is 1. The van der Waals surface area contributed by atoms with Gasteiger partial charge in [-0.25, -0.2) is 18.4 Å². The number of fused-ring (bicyclic) bond motifs is 1. The minimum atomic E-state index is -3.04. The van der Waals surface area contributed by atoms with Crippen molar-refractivity contribution in [2.24, 2.45) is 0 Å². The lowest BCUT2D eigenvalue weighted by Crippen LogP contribution is -2.43. The van der Waals surface area contributed by atoms with Gasteiger partial charge in [-0.05, 0) is 25.5 Å². The molecular formula is C16H19N3O4S. The molecule has 3 rings (SSSR count). The standard InChI is InChI=1S/C16H19N3O4S/c1-2-19(12-7-8-24(21,22)10-12)15(20)9-23-16-13-5-3-4-6-14(13)17-11-18-16/h3-6,11-12H,2,7-10H2,1H3/t12-/m1/s1. The average molecular weight is 349 g/mol. The zero-order valence-corrected chi connectivity index (χ0v) is 14.2. The second-order valence-electron chi connectivity index (χ2n) is 5.72. The van der Waals surface area contributed by atoms with Gasteiger partial charge in [0.15, 0.2) is 16.4 Å². The first-order valence-electron chi connectivity index (χ1n) is 7.82. The highest BCUT2D eigenvalue weighted by Gasteiger charge is 2.34. The molecule has 0 unspecified atom stereocenters. The summed E-state index contributed by atoms with van der Waals surface area (Å²) in [7, 11) is -3.04. The molecule has 1 aromatic carbocycles. The van der Waals surface area contributed by atoms with E-state index in [0.29, 0.717) is 18.8 Å². The summed E-state index contributed by atoms with van der Waals surface area (Å²) >= 11 is 0. The predicted octanol–water partition coefficient (Wildman–Crippen LogP) is 1.04. The first-order chi connectivity index (χ1) is 11.5. The Morgan fingerprint density at radius 2 is 2.12 bits per heavy atom. The quantitative estimate of drug-likeness (QED) is 0.801. The van der Waals surface area contributed by atoms with E-state index in [1.807, 2.05) is 31.2 Å². The third-order valence-electron chi connectivity index (χ3n) is 4.15. The van der Waals surface area contributed by atoms with Gasteiger partial charge in [0.25, 0.3) is 5.91 Å². The van der Waals surface area contributed by atoms with Crippen LogP contribution in [-0.2, 0) is 14.6 Å². The first-order valence-corrected chi connectivity index (χ1v) is 9.65. The van der Waals surface area contributed by atoms with Crippen LogP contribution in [0.5, 0.6) is 5.88 Å². The number of para-hydroxylation sites is 1. The van der Waals surface area contributed by atoms with Crippen molar-refractivity contribution in [2.75, 3.05) is 24.7 Å². The van der Waals surface area contributed by atoms with Crippen molar-refractivity contribution in [3.63, 3.8) is 0 Å². The highest BCUT2D eigenvalue weighted by molar-refractivity contribution is 7.91. The van der Waals surface area contributed by atoms with E-state index in [4.69, 9.17) is 4.74 Å². The SMILES string of the molecule is CCN(C(=O)COc1ncnc2ccccc12)[C@@H]1CCS(=O)(=O)C1. The molecule has 1 aliphatic heterocycles. The fourth-order valence-corrected chi connectivity index (χ4v) is 4.70.